The molecule has 0 bridgehead atoms. The van der Waals surface area contributed by atoms with Gasteiger partial charge < -0.3 is 15.2 Å². The Bertz CT molecular complexity index is 347. The predicted molar refractivity (Wildman–Crippen MR) is 56.6 cm³/mol. The Labute approximate surface area is 89.1 Å². The van der Waals surface area contributed by atoms with E-state index < -0.39 is 6.10 Å². The van der Waals surface area contributed by atoms with Crippen LogP contribution in [0.2, 0.25) is 0 Å². The third kappa shape index (κ3) is 3.58. The second kappa shape index (κ2) is 6.02. The number of nitrogens with one attached hydrogen (secondary N) is 1. The lowest BCUT2D eigenvalue weighted by Gasteiger charge is -2.12. The number of likely N-dealkylation sites (N-methyl/N-ethyl adjacent to an activating group) is 1. The van der Waals surface area contributed by atoms with Gasteiger partial charge in [0, 0.05) is 6.54 Å². The molecule has 0 aliphatic rings. The molecule has 1 atom stereocenters. The molecule has 4 heteroatoms. The van der Waals surface area contributed by atoms with Gasteiger partial charge in [0.1, 0.15) is 24.5 Å². The van der Waals surface area contributed by atoms with Crippen molar-refractivity contribution >= 4 is 0 Å². The van der Waals surface area contributed by atoms with Gasteiger partial charge in [0.2, 0.25) is 0 Å². The Morgan fingerprint density at radius 2 is 2.27 bits per heavy atom. The van der Waals surface area contributed by atoms with Crippen molar-refractivity contribution in [1.82, 2.24) is 5.32 Å². The number of aliphatic hydroxyl groups is 1. The molecule has 0 radical (unpaired) electrons. The topological polar surface area (TPSA) is 65.3 Å². The smallest absolute Gasteiger partial charge is 0.137 e. The van der Waals surface area contributed by atoms with Crippen LogP contribution in [0.3, 0.4) is 0 Å². The zero-order valence-electron chi connectivity index (χ0n) is 8.60. The highest BCUT2D eigenvalue weighted by Gasteiger charge is 2.06. The number of ether oxygens (including phenoxy) is 1. The van der Waals surface area contributed by atoms with Gasteiger partial charge in [-0.15, -0.1) is 0 Å². The predicted octanol–water partition coefficient (Wildman–Crippen LogP) is 0.517. The summed E-state index contributed by atoms with van der Waals surface area (Å²) in [5.41, 5.74) is 0.481. The van der Waals surface area contributed by atoms with Crippen molar-refractivity contribution in [3.63, 3.8) is 0 Å². The van der Waals surface area contributed by atoms with Crippen LogP contribution in [0.1, 0.15) is 5.56 Å². The van der Waals surface area contributed by atoms with E-state index in [1.807, 2.05) is 6.07 Å². The summed E-state index contributed by atoms with van der Waals surface area (Å²) in [5.74, 6) is 0.509. The van der Waals surface area contributed by atoms with Crippen molar-refractivity contribution in [1.29, 1.82) is 5.26 Å². The van der Waals surface area contributed by atoms with Gasteiger partial charge in [-0.2, -0.15) is 5.26 Å². The number of rotatable bonds is 5. The Hall–Kier alpha value is -1.57. The number of nitrogens with zero attached hydrogens (tertiary/aromatic N) is 1. The van der Waals surface area contributed by atoms with Crippen LogP contribution < -0.4 is 10.1 Å². The van der Waals surface area contributed by atoms with Crippen molar-refractivity contribution in [3.05, 3.63) is 29.8 Å². The SMILES string of the molecule is CNC[C@H](O)COc1ccccc1C#N. The van der Waals surface area contributed by atoms with Crippen LogP contribution in [0.15, 0.2) is 24.3 Å². The first kappa shape index (κ1) is 11.5. The lowest BCUT2D eigenvalue weighted by atomic mass is 10.2. The molecule has 0 heterocycles. The van der Waals surface area contributed by atoms with Crippen molar-refractivity contribution in [2.24, 2.45) is 0 Å². The fourth-order valence-electron chi connectivity index (χ4n) is 1.17. The Morgan fingerprint density at radius 1 is 1.53 bits per heavy atom. The van der Waals surface area contributed by atoms with Crippen molar-refractivity contribution in [2.45, 2.75) is 6.10 Å². The molecule has 1 rings (SSSR count). The van der Waals surface area contributed by atoms with E-state index in [1.165, 1.54) is 0 Å². The second-order valence-corrected chi connectivity index (χ2v) is 3.13. The van der Waals surface area contributed by atoms with Crippen molar-refractivity contribution < 1.29 is 9.84 Å². The van der Waals surface area contributed by atoms with Crippen LogP contribution in [-0.2, 0) is 0 Å². The number of aliphatic hydroxyl groups excluding tert-OH is 1. The van der Waals surface area contributed by atoms with Gasteiger partial charge in [-0.05, 0) is 19.2 Å². The lowest BCUT2D eigenvalue weighted by molar-refractivity contribution is 0.108. The summed E-state index contributed by atoms with van der Waals surface area (Å²) in [5, 5.41) is 21.0. The molecule has 0 aromatic heterocycles. The Balaban J connectivity index is 2.54. The third-order valence-electron chi connectivity index (χ3n) is 1.88. The van der Waals surface area contributed by atoms with E-state index in [9.17, 15) is 5.11 Å². The first-order valence-corrected chi connectivity index (χ1v) is 4.72. The molecule has 15 heavy (non-hydrogen) atoms. The normalized spacial score (nSPS) is 11.8. The maximum absolute atomic E-state index is 9.40. The van der Waals surface area contributed by atoms with E-state index in [2.05, 4.69) is 5.32 Å². The van der Waals surface area contributed by atoms with Crippen LogP contribution in [0.25, 0.3) is 0 Å². The van der Waals surface area contributed by atoms with Crippen LogP contribution in [0.5, 0.6) is 5.75 Å². The van der Waals surface area contributed by atoms with Gasteiger partial charge in [0.25, 0.3) is 0 Å². The molecule has 1 aromatic rings. The summed E-state index contributed by atoms with van der Waals surface area (Å²) in [6.07, 6.45) is -0.568. The van der Waals surface area contributed by atoms with Crippen molar-refractivity contribution in [3.8, 4) is 11.8 Å². The van der Waals surface area contributed by atoms with Gasteiger partial charge >= 0.3 is 0 Å². The first-order valence-electron chi connectivity index (χ1n) is 4.72. The fourth-order valence-corrected chi connectivity index (χ4v) is 1.17. The molecule has 0 aliphatic heterocycles. The molecule has 1 aromatic carbocycles. The van der Waals surface area contributed by atoms with Gasteiger partial charge in [0.05, 0.1) is 5.56 Å². The minimum atomic E-state index is -0.568. The number of benzene rings is 1. The van der Waals surface area contributed by atoms with Crippen LogP contribution >= 0.6 is 0 Å². The molecular weight excluding hydrogens is 192 g/mol. The molecule has 0 saturated carbocycles. The maximum atomic E-state index is 9.40. The van der Waals surface area contributed by atoms with Gasteiger partial charge in [-0.1, -0.05) is 12.1 Å². The molecule has 2 N–H and O–H groups in total. The van der Waals surface area contributed by atoms with E-state index in [4.69, 9.17) is 10.00 Å². The summed E-state index contributed by atoms with van der Waals surface area (Å²) >= 11 is 0. The van der Waals surface area contributed by atoms with E-state index >= 15 is 0 Å². The first-order chi connectivity index (χ1) is 7.27. The minimum absolute atomic E-state index is 0.180. The molecule has 0 aliphatic carbocycles. The summed E-state index contributed by atoms with van der Waals surface area (Å²) in [4.78, 5) is 0. The van der Waals surface area contributed by atoms with Crippen LogP contribution in [0.4, 0.5) is 0 Å². The number of nitriles is 1. The molecule has 0 amide bonds. The molecule has 4 nitrogen and oxygen atoms in total. The van der Waals surface area contributed by atoms with Crippen LogP contribution in [-0.4, -0.2) is 31.4 Å². The summed E-state index contributed by atoms with van der Waals surface area (Å²) in [7, 11) is 1.76. The highest BCUT2D eigenvalue weighted by Crippen LogP contribution is 2.16. The fraction of sp³-hybridized carbons (Fsp3) is 0.364. The Morgan fingerprint density at radius 3 is 2.93 bits per heavy atom. The second-order valence-electron chi connectivity index (χ2n) is 3.13. The quantitative estimate of drug-likeness (QED) is 0.737. The highest BCUT2D eigenvalue weighted by molar-refractivity contribution is 5.42. The number of para-hydroxylation sites is 1. The van der Waals surface area contributed by atoms with E-state index in [1.54, 1.807) is 31.3 Å². The zero-order valence-corrected chi connectivity index (χ0v) is 8.60. The molecule has 80 valence electrons. The highest BCUT2D eigenvalue weighted by atomic mass is 16.5. The number of hydrogen-bond donors (Lipinski definition) is 2. The third-order valence-corrected chi connectivity index (χ3v) is 1.88. The van der Waals surface area contributed by atoms with E-state index in [0.29, 0.717) is 17.9 Å². The minimum Gasteiger partial charge on any atom is -0.489 e. The zero-order chi connectivity index (χ0) is 11.1. The van der Waals surface area contributed by atoms with E-state index in [-0.39, 0.29) is 6.61 Å². The largest absolute Gasteiger partial charge is 0.489 e. The molecule has 0 spiro atoms. The lowest BCUT2D eigenvalue weighted by Crippen LogP contribution is -2.29. The summed E-state index contributed by atoms with van der Waals surface area (Å²) < 4.78 is 5.33. The monoisotopic (exact) mass is 206 g/mol. The van der Waals surface area contributed by atoms with Gasteiger partial charge in [0.15, 0.2) is 0 Å². The van der Waals surface area contributed by atoms with Gasteiger partial charge in [-0.3, -0.25) is 0 Å². The average molecular weight is 206 g/mol. The van der Waals surface area contributed by atoms with Crippen molar-refractivity contribution in [2.75, 3.05) is 20.2 Å². The summed E-state index contributed by atoms with van der Waals surface area (Å²) in [6.45, 7) is 0.647. The molecular formula is C11H14N2O2. The maximum Gasteiger partial charge on any atom is 0.137 e. The summed E-state index contributed by atoms with van der Waals surface area (Å²) in [6, 6.07) is 8.99. The molecule has 0 fully saturated rings. The molecule has 0 unspecified atom stereocenters. The van der Waals surface area contributed by atoms with Crippen LogP contribution in [0, 0.1) is 11.3 Å². The Kier molecular flexibility index (Phi) is 4.61. The van der Waals surface area contributed by atoms with Gasteiger partial charge in [-0.25, -0.2) is 0 Å². The van der Waals surface area contributed by atoms with E-state index in [0.717, 1.165) is 0 Å². The molecule has 0 saturated heterocycles. The average Bonchev–Trinajstić information content (AvgIpc) is 2.27. The standard InChI is InChI=1S/C11H14N2O2/c1-13-7-10(14)8-15-11-5-3-2-4-9(11)6-12/h2-5,10,13-14H,7-8H2,1H3/t10-/m0/s1. The number of hydrogen-bond acceptors (Lipinski definition) is 4.